The maximum Gasteiger partial charge on any atom is 0.0309 e. The molecule has 0 bridgehead atoms. The number of rotatable bonds is 15. The zero-order valence-electron chi connectivity index (χ0n) is 23.6. The summed E-state index contributed by atoms with van der Waals surface area (Å²) in [6.45, 7) is 11.8. The molecule has 0 saturated heterocycles. The van der Waals surface area contributed by atoms with E-state index in [0.29, 0.717) is 0 Å². The molecule has 0 aromatic carbocycles. The molecule has 33 heavy (non-hydrogen) atoms. The van der Waals surface area contributed by atoms with Crippen molar-refractivity contribution in [1.29, 1.82) is 0 Å². The Balaban J connectivity index is 1.61. The molecule has 2 heteroatoms. The largest absolute Gasteiger partial charge is 0.375 e. The highest BCUT2D eigenvalue weighted by Crippen LogP contribution is 2.41. The molecule has 0 spiro atoms. The Morgan fingerprint density at radius 1 is 0.697 bits per heavy atom. The molecule has 2 nitrogen and oxygen atoms in total. The molecule has 0 aromatic rings. The first-order valence-electron chi connectivity index (χ1n) is 14.9. The third kappa shape index (κ3) is 9.95. The fraction of sp³-hybridized carbons (Fsp3) is 0.935. The standard InChI is InChI=1S/C31H60N2/c1-8-9-10-11-12-13-14-15-16-17-27(4)33(7)31-21-19-29(23-26(31)3)24-28-18-20-30(32(5)6)25(2)22-28/h25-26,28-31H,4,8-24H2,1-3,5-7H3. The van der Waals surface area contributed by atoms with E-state index >= 15 is 0 Å². The van der Waals surface area contributed by atoms with Crippen molar-refractivity contribution in [3.63, 3.8) is 0 Å². The average Bonchev–Trinajstić information content (AvgIpc) is 2.77. The second-order valence-electron chi connectivity index (χ2n) is 12.4. The van der Waals surface area contributed by atoms with Gasteiger partial charge in [-0.25, -0.2) is 0 Å². The second-order valence-corrected chi connectivity index (χ2v) is 12.4. The van der Waals surface area contributed by atoms with Crippen LogP contribution in [0.5, 0.6) is 0 Å². The maximum absolute atomic E-state index is 4.50. The van der Waals surface area contributed by atoms with Crippen LogP contribution in [-0.2, 0) is 0 Å². The van der Waals surface area contributed by atoms with Crippen LogP contribution >= 0.6 is 0 Å². The summed E-state index contributed by atoms with van der Waals surface area (Å²) in [5.41, 5.74) is 1.39. The predicted molar refractivity (Wildman–Crippen MR) is 148 cm³/mol. The Labute approximate surface area is 209 Å². The van der Waals surface area contributed by atoms with Crippen LogP contribution in [0.4, 0.5) is 0 Å². The van der Waals surface area contributed by atoms with E-state index in [2.05, 4.69) is 58.3 Å². The Hall–Kier alpha value is -0.500. The third-order valence-corrected chi connectivity index (χ3v) is 9.36. The molecule has 6 unspecified atom stereocenters. The van der Waals surface area contributed by atoms with Gasteiger partial charge in [-0.15, -0.1) is 0 Å². The normalized spacial score (nSPS) is 30.5. The minimum atomic E-state index is 0.718. The lowest BCUT2D eigenvalue weighted by Crippen LogP contribution is -2.41. The molecular formula is C31H60N2. The molecule has 0 aliphatic heterocycles. The van der Waals surface area contributed by atoms with Crippen LogP contribution < -0.4 is 0 Å². The van der Waals surface area contributed by atoms with Gasteiger partial charge < -0.3 is 9.80 Å². The molecular weight excluding hydrogens is 400 g/mol. The second kappa shape index (κ2) is 15.5. The van der Waals surface area contributed by atoms with Crippen molar-refractivity contribution in [3.05, 3.63) is 12.3 Å². The summed E-state index contributed by atoms with van der Waals surface area (Å²) < 4.78 is 0. The smallest absolute Gasteiger partial charge is 0.0309 e. The van der Waals surface area contributed by atoms with Gasteiger partial charge in [0.25, 0.3) is 0 Å². The molecule has 2 rings (SSSR count). The minimum absolute atomic E-state index is 0.718. The first-order chi connectivity index (χ1) is 15.8. The van der Waals surface area contributed by atoms with Crippen molar-refractivity contribution in [3.8, 4) is 0 Å². The van der Waals surface area contributed by atoms with E-state index in [-0.39, 0.29) is 0 Å². The topological polar surface area (TPSA) is 6.48 Å². The lowest BCUT2D eigenvalue weighted by atomic mass is 9.70. The average molecular weight is 461 g/mol. The van der Waals surface area contributed by atoms with Crippen molar-refractivity contribution < 1.29 is 0 Å². The molecule has 0 heterocycles. The Morgan fingerprint density at radius 2 is 1.18 bits per heavy atom. The highest BCUT2D eigenvalue weighted by molar-refractivity contribution is 4.98. The molecule has 6 atom stereocenters. The van der Waals surface area contributed by atoms with Gasteiger partial charge in [0.2, 0.25) is 0 Å². The van der Waals surface area contributed by atoms with E-state index < -0.39 is 0 Å². The summed E-state index contributed by atoms with van der Waals surface area (Å²) in [6.07, 6.45) is 23.9. The number of unbranched alkanes of at least 4 members (excludes halogenated alkanes) is 8. The summed E-state index contributed by atoms with van der Waals surface area (Å²) in [7, 11) is 6.87. The first-order valence-corrected chi connectivity index (χ1v) is 14.9. The zero-order valence-corrected chi connectivity index (χ0v) is 23.6. The van der Waals surface area contributed by atoms with E-state index in [1.54, 1.807) is 0 Å². The highest BCUT2D eigenvalue weighted by Gasteiger charge is 2.34. The van der Waals surface area contributed by atoms with Gasteiger partial charge in [0.1, 0.15) is 0 Å². The Kier molecular flexibility index (Phi) is 13.5. The van der Waals surface area contributed by atoms with Gasteiger partial charge in [0.05, 0.1) is 0 Å². The highest BCUT2D eigenvalue weighted by atomic mass is 15.1. The predicted octanol–water partition coefficient (Wildman–Crippen LogP) is 8.91. The van der Waals surface area contributed by atoms with Gasteiger partial charge in [-0.05, 0) is 95.6 Å². The van der Waals surface area contributed by atoms with Crippen molar-refractivity contribution in [2.75, 3.05) is 21.1 Å². The van der Waals surface area contributed by atoms with Gasteiger partial charge in [0.15, 0.2) is 0 Å². The van der Waals surface area contributed by atoms with Gasteiger partial charge in [-0.1, -0.05) is 78.7 Å². The fourth-order valence-corrected chi connectivity index (χ4v) is 7.28. The summed E-state index contributed by atoms with van der Waals surface area (Å²) in [5.74, 6) is 3.61. The Morgan fingerprint density at radius 3 is 1.67 bits per heavy atom. The summed E-state index contributed by atoms with van der Waals surface area (Å²) in [4.78, 5) is 5.04. The monoisotopic (exact) mass is 460 g/mol. The van der Waals surface area contributed by atoms with Crippen LogP contribution in [0.15, 0.2) is 12.3 Å². The van der Waals surface area contributed by atoms with E-state index in [1.807, 2.05) is 0 Å². The summed E-state index contributed by atoms with van der Waals surface area (Å²) in [5, 5.41) is 0. The van der Waals surface area contributed by atoms with E-state index in [1.165, 1.54) is 115 Å². The number of nitrogens with zero attached hydrogens (tertiary/aromatic N) is 2. The summed E-state index contributed by atoms with van der Waals surface area (Å²) in [6, 6.07) is 1.53. The molecule has 2 aliphatic rings. The molecule has 2 fully saturated rings. The molecule has 194 valence electrons. The van der Waals surface area contributed by atoms with Crippen molar-refractivity contribution in [2.24, 2.45) is 23.7 Å². The Bertz CT molecular complexity index is 527. The van der Waals surface area contributed by atoms with Crippen molar-refractivity contribution in [1.82, 2.24) is 9.80 Å². The van der Waals surface area contributed by atoms with E-state index in [4.69, 9.17) is 0 Å². The van der Waals surface area contributed by atoms with E-state index in [0.717, 1.165) is 35.8 Å². The lowest BCUT2D eigenvalue weighted by Gasteiger charge is -2.43. The molecule has 2 saturated carbocycles. The van der Waals surface area contributed by atoms with Crippen LogP contribution in [0.1, 0.15) is 130 Å². The quantitative estimate of drug-likeness (QED) is 0.225. The van der Waals surface area contributed by atoms with Crippen LogP contribution in [0.2, 0.25) is 0 Å². The first kappa shape index (κ1) is 28.7. The van der Waals surface area contributed by atoms with Crippen LogP contribution in [0.3, 0.4) is 0 Å². The third-order valence-electron chi connectivity index (χ3n) is 9.36. The SMILES string of the molecule is C=C(CCCCCCCCCCC)N(C)C1CCC(CC2CCC(N(C)C)C(C)C2)CC1C. The number of hydrogen-bond donors (Lipinski definition) is 0. The number of hydrogen-bond acceptors (Lipinski definition) is 2. The maximum atomic E-state index is 4.50. The number of allylic oxidation sites excluding steroid dienone is 1. The molecule has 2 aliphatic carbocycles. The fourth-order valence-electron chi connectivity index (χ4n) is 7.28. The van der Waals surface area contributed by atoms with Gasteiger partial charge in [-0.2, -0.15) is 0 Å². The van der Waals surface area contributed by atoms with Gasteiger partial charge >= 0.3 is 0 Å². The van der Waals surface area contributed by atoms with Crippen LogP contribution in [0, 0.1) is 23.7 Å². The molecule has 0 aromatic heterocycles. The van der Waals surface area contributed by atoms with Crippen LogP contribution in [0.25, 0.3) is 0 Å². The zero-order chi connectivity index (χ0) is 24.2. The van der Waals surface area contributed by atoms with Crippen molar-refractivity contribution >= 4 is 0 Å². The lowest BCUT2D eigenvalue weighted by molar-refractivity contribution is 0.0926. The summed E-state index contributed by atoms with van der Waals surface area (Å²) >= 11 is 0. The van der Waals surface area contributed by atoms with Crippen LogP contribution in [-0.4, -0.2) is 43.0 Å². The molecule has 0 radical (unpaired) electrons. The van der Waals surface area contributed by atoms with E-state index in [9.17, 15) is 0 Å². The van der Waals surface area contributed by atoms with Gasteiger partial charge in [-0.3, -0.25) is 0 Å². The molecule has 0 N–H and O–H groups in total. The van der Waals surface area contributed by atoms with Gasteiger partial charge in [0, 0.05) is 24.8 Å². The van der Waals surface area contributed by atoms with Crippen molar-refractivity contribution in [2.45, 2.75) is 142 Å². The minimum Gasteiger partial charge on any atom is -0.375 e. The molecule has 0 amide bonds.